The molecule has 0 aromatic heterocycles. The molecule has 2 aromatic carbocycles. The molecule has 0 bridgehead atoms. The van der Waals surface area contributed by atoms with Crippen LogP contribution in [0.3, 0.4) is 0 Å². The molecule has 3 heteroatoms. The maximum Gasteiger partial charge on any atom is 0.247 e. The van der Waals surface area contributed by atoms with Crippen molar-refractivity contribution in [3.63, 3.8) is 0 Å². The molecule has 0 radical (unpaired) electrons. The summed E-state index contributed by atoms with van der Waals surface area (Å²) in [7, 11) is 0. The first-order valence-electron chi connectivity index (χ1n) is 8.42. The van der Waals surface area contributed by atoms with E-state index in [1.54, 1.807) is 0 Å². The van der Waals surface area contributed by atoms with E-state index in [0.717, 1.165) is 41.1 Å². The number of hydrogen-bond donors (Lipinski definition) is 1. The lowest BCUT2D eigenvalue weighted by atomic mass is 9.86. The van der Waals surface area contributed by atoms with Gasteiger partial charge in [0.05, 0.1) is 0 Å². The van der Waals surface area contributed by atoms with Crippen molar-refractivity contribution in [2.75, 3.05) is 5.32 Å². The number of carbonyl (C=O) groups excluding carboxylic acids is 1. The van der Waals surface area contributed by atoms with E-state index in [9.17, 15) is 4.79 Å². The van der Waals surface area contributed by atoms with E-state index in [2.05, 4.69) is 37.9 Å². The van der Waals surface area contributed by atoms with Gasteiger partial charge in [0, 0.05) is 10.7 Å². The second kappa shape index (κ2) is 8.70. The third kappa shape index (κ3) is 4.48. The highest BCUT2D eigenvalue weighted by molar-refractivity contribution is 6.30. The Morgan fingerprint density at radius 3 is 2.71 bits per heavy atom. The summed E-state index contributed by atoms with van der Waals surface area (Å²) in [6.07, 6.45) is 4.66. The summed E-state index contributed by atoms with van der Waals surface area (Å²) in [5.41, 5.74) is 4.27. The topological polar surface area (TPSA) is 29.1 Å². The van der Waals surface area contributed by atoms with Gasteiger partial charge in [0.1, 0.15) is 0 Å². The summed E-state index contributed by atoms with van der Waals surface area (Å²) in [4.78, 5) is 11.5. The standard InChI is InChI=1S/C21H24ClNO/c1-4-8-15(5-2)19-12-11-17(22)14-20(19)16-9-7-10-18(13-16)23-21(24)6-3/h6-7,9-15H,3-5,8H2,1-2H3,(H,23,24). The van der Waals surface area contributed by atoms with Gasteiger partial charge in [0.15, 0.2) is 0 Å². The molecule has 0 fully saturated rings. The third-order valence-corrected chi connectivity index (χ3v) is 4.45. The van der Waals surface area contributed by atoms with Gasteiger partial charge in [-0.2, -0.15) is 0 Å². The largest absolute Gasteiger partial charge is 0.323 e. The second-order valence-electron chi connectivity index (χ2n) is 5.90. The van der Waals surface area contributed by atoms with Crippen LogP contribution in [0.15, 0.2) is 55.1 Å². The van der Waals surface area contributed by atoms with Crippen LogP contribution in [0.25, 0.3) is 11.1 Å². The Labute approximate surface area is 149 Å². The van der Waals surface area contributed by atoms with Crippen LogP contribution in [0.4, 0.5) is 5.69 Å². The first-order valence-corrected chi connectivity index (χ1v) is 8.80. The van der Waals surface area contributed by atoms with Gasteiger partial charge >= 0.3 is 0 Å². The third-order valence-electron chi connectivity index (χ3n) is 4.21. The number of anilines is 1. The molecule has 0 aliphatic carbocycles. The summed E-state index contributed by atoms with van der Waals surface area (Å²) in [5, 5.41) is 3.54. The monoisotopic (exact) mass is 341 g/mol. The van der Waals surface area contributed by atoms with Crippen molar-refractivity contribution >= 4 is 23.2 Å². The fourth-order valence-corrected chi connectivity index (χ4v) is 3.19. The Morgan fingerprint density at radius 1 is 1.25 bits per heavy atom. The van der Waals surface area contributed by atoms with Gasteiger partial charge in [-0.05, 0) is 65.8 Å². The number of halogens is 1. The van der Waals surface area contributed by atoms with Gasteiger partial charge in [-0.3, -0.25) is 4.79 Å². The molecule has 1 N–H and O–H groups in total. The highest BCUT2D eigenvalue weighted by Gasteiger charge is 2.15. The Kier molecular flexibility index (Phi) is 6.62. The van der Waals surface area contributed by atoms with Crippen molar-refractivity contribution in [3.05, 3.63) is 65.7 Å². The molecule has 2 rings (SSSR count). The summed E-state index contributed by atoms with van der Waals surface area (Å²) in [5.74, 6) is 0.296. The number of nitrogens with one attached hydrogen (secondary N) is 1. The van der Waals surface area contributed by atoms with E-state index >= 15 is 0 Å². The van der Waals surface area contributed by atoms with Gasteiger partial charge in [0.25, 0.3) is 0 Å². The van der Waals surface area contributed by atoms with Gasteiger partial charge in [0.2, 0.25) is 5.91 Å². The molecule has 0 aliphatic rings. The van der Waals surface area contributed by atoms with Crippen LogP contribution in [-0.4, -0.2) is 5.91 Å². The molecule has 0 heterocycles. The predicted molar refractivity (Wildman–Crippen MR) is 104 cm³/mol. The summed E-state index contributed by atoms with van der Waals surface area (Å²) >= 11 is 6.26. The zero-order valence-electron chi connectivity index (χ0n) is 14.3. The van der Waals surface area contributed by atoms with E-state index < -0.39 is 0 Å². The molecule has 24 heavy (non-hydrogen) atoms. The van der Waals surface area contributed by atoms with Crippen LogP contribution in [0.1, 0.15) is 44.6 Å². The second-order valence-corrected chi connectivity index (χ2v) is 6.34. The molecule has 126 valence electrons. The zero-order chi connectivity index (χ0) is 17.5. The predicted octanol–water partition coefficient (Wildman–Crippen LogP) is 6.43. The molecule has 1 atom stereocenters. The Balaban J connectivity index is 2.47. The van der Waals surface area contributed by atoms with E-state index in [-0.39, 0.29) is 5.91 Å². The quantitative estimate of drug-likeness (QED) is 0.578. The molecule has 2 nitrogen and oxygen atoms in total. The minimum Gasteiger partial charge on any atom is -0.323 e. The lowest BCUT2D eigenvalue weighted by molar-refractivity contribution is -0.111. The number of benzene rings is 2. The number of carbonyl (C=O) groups is 1. The highest BCUT2D eigenvalue weighted by Crippen LogP contribution is 2.36. The average Bonchev–Trinajstić information content (AvgIpc) is 2.60. The van der Waals surface area contributed by atoms with Crippen LogP contribution in [-0.2, 0) is 4.79 Å². The number of hydrogen-bond acceptors (Lipinski definition) is 1. The smallest absolute Gasteiger partial charge is 0.247 e. The van der Waals surface area contributed by atoms with Crippen molar-refractivity contribution in [2.45, 2.75) is 39.0 Å². The minimum atomic E-state index is -0.212. The first-order chi connectivity index (χ1) is 11.6. The Hall–Kier alpha value is -2.06. The maximum atomic E-state index is 11.5. The van der Waals surface area contributed by atoms with Crippen LogP contribution in [0.5, 0.6) is 0 Å². The van der Waals surface area contributed by atoms with E-state index in [4.69, 9.17) is 11.6 Å². The maximum absolute atomic E-state index is 11.5. The molecule has 0 aliphatic heterocycles. The average molecular weight is 342 g/mol. The van der Waals surface area contributed by atoms with Gasteiger partial charge in [-0.15, -0.1) is 0 Å². The van der Waals surface area contributed by atoms with Gasteiger partial charge in [-0.25, -0.2) is 0 Å². The molecule has 1 amide bonds. The summed E-state index contributed by atoms with van der Waals surface area (Å²) in [6, 6.07) is 14.0. The Morgan fingerprint density at radius 2 is 2.04 bits per heavy atom. The minimum absolute atomic E-state index is 0.212. The van der Waals surface area contributed by atoms with E-state index in [0.29, 0.717) is 5.92 Å². The molecule has 1 unspecified atom stereocenters. The lowest BCUT2D eigenvalue weighted by Gasteiger charge is -2.19. The number of amides is 1. The number of rotatable bonds is 7. The Bertz CT molecular complexity index is 724. The summed E-state index contributed by atoms with van der Waals surface area (Å²) in [6.45, 7) is 7.92. The zero-order valence-corrected chi connectivity index (χ0v) is 15.1. The van der Waals surface area contributed by atoms with Crippen LogP contribution in [0.2, 0.25) is 5.02 Å². The molecular weight excluding hydrogens is 318 g/mol. The lowest BCUT2D eigenvalue weighted by Crippen LogP contribution is -2.07. The van der Waals surface area contributed by atoms with Gasteiger partial charge < -0.3 is 5.32 Å². The van der Waals surface area contributed by atoms with Crippen molar-refractivity contribution in [3.8, 4) is 11.1 Å². The van der Waals surface area contributed by atoms with Crippen LogP contribution in [0, 0.1) is 0 Å². The molecule has 2 aromatic rings. The van der Waals surface area contributed by atoms with Gasteiger partial charge in [-0.1, -0.05) is 56.6 Å². The molecular formula is C21H24ClNO. The molecule has 0 saturated carbocycles. The van der Waals surface area contributed by atoms with E-state index in [1.165, 1.54) is 11.6 Å². The normalized spacial score (nSPS) is 11.8. The fraction of sp³-hybridized carbons (Fsp3) is 0.286. The SMILES string of the molecule is C=CC(=O)Nc1cccc(-c2cc(Cl)ccc2C(CC)CCC)c1. The highest BCUT2D eigenvalue weighted by atomic mass is 35.5. The van der Waals surface area contributed by atoms with Crippen molar-refractivity contribution in [2.24, 2.45) is 0 Å². The van der Waals surface area contributed by atoms with Crippen molar-refractivity contribution in [1.82, 2.24) is 0 Å². The molecule has 0 spiro atoms. The first kappa shape index (κ1) is 18.3. The molecule has 0 saturated heterocycles. The summed E-state index contributed by atoms with van der Waals surface area (Å²) < 4.78 is 0. The van der Waals surface area contributed by atoms with E-state index in [1.807, 2.05) is 30.3 Å². The van der Waals surface area contributed by atoms with Crippen molar-refractivity contribution in [1.29, 1.82) is 0 Å². The fourth-order valence-electron chi connectivity index (χ4n) is 3.02. The van der Waals surface area contributed by atoms with Crippen LogP contribution >= 0.6 is 11.6 Å². The van der Waals surface area contributed by atoms with Crippen LogP contribution < -0.4 is 5.32 Å². The van der Waals surface area contributed by atoms with Crippen molar-refractivity contribution < 1.29 is 4.79 Å².